The highest BCUT2D eigenvalue weighted by Gasteiger charge is 2.14. The number of aromatic nitrogens is 1. The van der Waals surface area contributed by atoms with Crippen molar-refractivity contribution >= 4 is 5.91 Å². The zero-order chi connectivity index (χ0) is 11.3. The van der Waals surface area contributed by atoms with Crippen molar-refractivity contribution in [2.45, 2.75) is 19.9 Å². The van der Waals surface area contributed by atoms with Gasteiger partial charge in [0.25, 0.3) is 5.91 Å². The number of carbonyl (C=O) groups excluding carboxylic acids is 1. The fourth-order valence-electron chi connectivity index (χ4n) is 1.12. The molecule has 0 bridgehead atoms. The maximum atomic E-state index is 11.7. The molecule has 1 rings (SSSR count). The van der Waals surface area contributed by atoms with Crippen LogP contribution in [0.3, 0.4) is 0 Å². The molecule has 0 aliphatic rings. The van der Waals surface area contributed by atoms with Crippen molar-refractivity contribution in [3.63, 3.8) is 0 Å². The van der Waals surface area contributed by atoms with Crippen molar-refractivity contribution in [2.75, 3.05) is 6.54 Å². The Morgan fingerprint density at radius 1 is 1.53 bits per heavy atom. The van der Waals surface area contributed by atoms with Crippen molar-refractivity contribution in [2.24, 2.45) is 11.7 Å². The molecular formula is C11H17N3O. The fraction of sp³-hybridized carbons (Fsp3) is 0.455. The molecule has 15 heavy (non-hydrogen) atoms. The Balaban J connectivity index is 2.57. The average molecular weight is 207 g/mol. The van der Waals surface area contributed by atoms with Crippen molar-refractivity contribution < 1.29 is 4.79 Å². The molecule has 2 atom stereocenters. The number of nitrogens with one attached hydrogen (secondary N) is 1. The predicted octanol–water partition coefficient (Wildman–Crippen LogP) is 0.795. The molecule has 0 aliphatic carbocycles. The predicted molar refractivity (Wildman–Crippen MR) is 59.4 cm³/mol. The number of pyridine rings is 1. The molecule has 4 nitrogen and oxygen atoms in total. The minimum atomic E-state index is -0.150. The van der Waals surface area contributed by atoms with E-state index in [0.717, 1.165) is 0 Å². The summed E-state index contributed by atoms with van der Waals surface area (Å²) in [6.45, 7) is 4.51. The number of hydrogen-bond acceptors (Lipinski definition) is 3. The van der Waals surface area contributed by atoms with E-state index in [2.05, 4.69) is 10.3 Å². The van der Waals surface area contributed by atoms with E-state index in [4.69, 9.17) is 5.73 Å². The quantitative estimate of drug-likeness (QED) is 0.767. The first-order valence-electron chi connectivity index (χ1n) is 5.07. The number of hydrogen-bond donors (Lipinski definition) is 2. The van der Waals surface area contributed by atoms with Gasteiger partial charge < -0.3 is 11.1 Å². The first-order chi connectivity index (χ1) is 7.15. The van der Waals surface area contributed by atoms with E-state index in [1.165, 1.54) is 0 Å². The lowest BCUT2D eigenvalue weighted by atomic mass is 10.0. The van der Waals surface area contributed by atoms with E-state index in [1.807, 2.05) is 13.8 Å². The molecule has 3 N–H and O–H groups in total. The van der Waals surface area contributed by atoms with Gasteiger partial charge in [-0.05, 0) is 31.5 Å². The molecular weight excluding hydrogens is 190 g/mol. The standard InChI is InChI=1S/C11H17N3O/c1-8(7-12)9(2)14-11(15)10-5-3-4-6-13-10/h3-6,8-9H,7,12H2,1-2H3,(H,14,15). The van der Waals surface area contributed by atoms with Crippen LogP contribution < -0.4 is 11.1 Å². The Morgan fingerprint density at radius 3 is 2.80 bits per heavy atom. The molecule has 0 radical (unpaired) electrons. The highest BCUT2D eigenvalue weighted by atomic mass is 16.1. The van der Waals surface area contributed by atoms with Gasteiger partial charge in [-0.1, -0.05) is 13.0 Å². The van der Waals surface area contributed by atoms with Crippen LogP contribution in [0.4, 0.5) is 0 Å². The van der Waals surface area contributed by atoms with Crippen molar-refractivity contribution in [3.8, 4) is 0 Å². The number of rotatable bonds is 4. The normalized spacial score (nSPS) is 14.3. The van der Waals surface area contributed by atoms with Gasteiger partial charge >= 0.3 is 0 Å². The van der Waals surface area contributed by atoms with E-state index in [-0.39, 0.29) is 17.9 Å². The van der Waals surface area contributed by atoms with Crippen molar-refractivity contribution in [3.05, 3.63) is 30.1 Å². The number of amides is 1. The number of nitrogens with two attached hydrogens (primary N) is 1. The SMILES string of the molecule is CC(CN)C(C)NC(=O)c1ccccn1. The van der Waals surface area contributed by atoms with Gasteiger partial charge in [0, 0.05) is 12.2 Å². The average Bonchev–Trinajstić information content (AvgIpc) is 2.29. The van der Waals surface area contributed by atoms with Gasteiger partial charge in [0.05, 0.1) is 0 Å². The Morgan fingerprint density at radius 2 is 2.27 bits per heavy atom. The topological polar surface area (TPSA) is 68.0 Å². The zero-order valence-corrected chi connectivity index (χ0v) is 9.10. The van der Waals surface area contributed by atoms with E-state index in [9.17, 15) is 4.79 Å². The third kappa shape index (κ3) is 3.32. The van der Waals surface area contributed by atoms with E-state index in [1.54, 1.807) is 24.4 Å². The van der Waals surface area contributed by atoms with Crippen LogP contribution in [-0.2, 0) is 0 Å². The van der Waals surface area contributed by atoms with Crippen LogP contribution in [0.15, 0.2) is 24.4 Å². The van der Waals surface area contributed by atoms with E-state index < -0.39 is 0 Å². The molecule has 0 saturated heterocycles. The molecule has 82 valence electrons. The summed E-state index contributed by atoms with van der Waals surface area (Å²) in [6, 6.07) is 5.32. The highest BCUT2D eigenvalue weighted by Crippen LogP contribution is 2.01. The second-order valence-corrected chi connectivity index (χ2v) is 3.69. The molecule has 0 saturated carbocycles. The summed E-state index contributed by atoms with van der Waals surface area (Å²) in [5.41, 5.74) is 5.96. The minimum absolute atomic E-state index is 0.0597. The Bertz CT molecular complexity index is 313. The fourth-order valence-corrected chi connectivity index (χ4v) is 1.12. The maximum absolute atomic E-state index is 11.7. The summed E-state index contributed by atoms with van der Waals surface area (Å²) in [4.78, 5) is 15.6. The van der Waals surface area contributed by atoms with Crippen LogP contribution >= 0.6 is 0 Å². The Hall–Kier alpha value is -1.42. The lowest BCUT2D eigenvalue weighted by Crippen LogP contribution is -2.40. The van der Waals surface area contributed by atoms with Gasteiger partial charge in [-0.15, -0.1) is 0 Å². The van der Waals surface area contributed by atoms with Gasteiger partial charge in [-0.3, -0.25) is 9.78 Å². The molecule has 0 spiro atoms. The van der Waals surface area contributed by atoms with Gasteiger partial charge in [0.2, 0.25) is 0 Å². The summed E-state index contributed by atoms with van der Waals surface area (Å²) >= 11 is 0. The molecule has 4 heteroatoms. The molecule has 2 unspecified atom stereocenters. The summed E-state index contributed by atoms with van der Waals surface area (Å²) in [5, 5.41) is 2.87. The molecule has 1 amide bonds. The highest BCUT2D eigenvalue weighted by molar-refractivity contribution is 5.92. The van der Waals surface area contributed by atoms with Gasteiger partial charge in [-0.25, -0.2) is 0 Å². The lowest BCUT2D eigenvalue weighted by molar-refractivity contribution is 0.0924. The Kier molecular flexibility index (Phi) is 4.24. The zero-order valence-electron chi connectivity index (χ0n) is 9.10. The van der Waals surface area contributed by atoms with Crippen LogP contribution in [0.5, 0.6) is 0 Å². The molecule has 1 aromatic rings. The van der Waals surface area contributed by atoms with Crippen LogP contribution in [0.1, 0.15) is 24.3 Å². The van der Waals surface area contributed by atoms with Gasteiger partial charge in [-0.2, -0.15) is 0 Å². The maximum Gasteiger partial charge on any atom is 0.270 e. The summed E-state index contributed by atoms with van der Waals surface area (Å²) < 4.78 is 0. The third-order valence-corrected chi connectivity index (χ3v) is 2.48. The van der Waals surface area contributed by atoms with Crippen molar-refractivity contribution in [1.82, 2.24) is 10.3 Å². The summed E-state index contributed by atoms with van der Waals surface area (Å²) in [5.74, 6) is 0.112. The van der Waals surface area contributed by atoms with Crippen LogP contribution in [0.2, 0.25) is 0 Å². The van der Waals surface area contributed by atoms with Crippen molar-refractivity contribution in [1.29, 1.82) is 0 Å². The van der Waals surface area contributed by atoms with E-state index >= 15 is 0 Å². The van der Waals surface area contributed by atoms with Crippen LogP contribution in [-0.4, -0.2) is 23.5 Å². The van der Waals surface area contributed by atoms with Crippen LogP contribution in [0.25, 0.3) is 0 Å². The van der Waals surface area contributed by atoms with Gasteiger partial charge in [0.15, 0.2) is 0 Å². The smallest absolute Gasteiger partial charge is 0.270 e. The monoisotopic (exact) mass is 207 g/mol. The molecule has 0 fully saturated rings. The second kappa shape index (κ2) is 5.46. The molecule has 0 aromatic carbocycles. The number of nitrogens with zero attached hydrogens (tertiary/aromatic N) is 1. The first-order valence-corrected chi connectivity index (χ1v) is 5.07. The number of carbonyl (C=O) groups is 1. The Labute approximate surface area is 89.9 Å². The van der Waals surface area contributed by atoms with Gasteiger partial charge in [0.1, 0.15) is 5.69 Å². The second-order valence-electron chi connectivity index (χ2n) is 3.69. The third-order valence-electron chi connectivity index (χ3n) is 2.48. The summed E-state index contributed by atoms with van der Waals surface area (Å²) in [6.07, 6.45) is 1.60. The molecule has 1 aromatic heterocycles. The lowest BCUT2D eigenvalue weighted by Gasteiger charge is -2.19. The molecule has 1 heterocycles. The molecule has 0 aliphatic heterocycles. The van der Waals surface area contributed by atoms with Crippen LogP contribution in [0, 0.1) is 5.92 Å². The largest absolute Gasteiger partial charge is 0.348 e. The minimum Gasteiger partial charge on any atom is -0.348 e. The first kappa shape index (κ1) is 11.7. The van der Waals surface area contributed by atoms with E-state index in [0.29, 0.717) is 12.2 Å². The summed E-state index contributed by atoms with van der Waals surface area (Å²) in [7, 11) is 0.